The van der Waals surface area contributed by atoms with Crippen LogP contribution in [0.25, 0.3) is 0 Å². The molecule has 3 atom stereocenters. The Kier molecular flexibility index (Phi) is 4.17. The fourth-order valence-electron chi connectivity index (χ4n) is 2.55. The SMILES string of the molecule is Cc1cccc(C(=O)N(C)[C@@H]2CCC[C@@H](O)[C@@H]2O)n1. The number of amides is 1. The van der Waals surface area contributed by atoms with Gasteiger partial charge in [0.15, 0.2) is 0 Å². The van der Waals surface area contributed by atoms with E-state index in [1.807, 2.05) is 13.0 Å². The van der Waals surface area contributed by atoms with Crippen molar-refractivity contribution >= 4 is 5.91 Å². The van der Waals surface area contributed by atoms with Crippen LogP contribution in [0.15, 0.2) is 18.2 Å². The van der Waals surface area contributed by atoms with Crippen LogP contribution in [0.2, 0.25) is 0 Å². The zero-order valence-corrected chi connectivity index (χ0v) is 11.3. The van der Waals surface area contributed by atoms with E-state index in [0.29, 0.717) is 18.5 Å². The summed E-state index contributed by atoms with van der Waals surface area (Å²) in [5.74, 6) is -0.221. The van der Waals surface area contributed by atoms with Crippen molar-refractivity contribution in [2.24, 2.45) is 0 Å². The number of carbonyl (C=O) groups excluding carboxylic acids is 1. The molecule has 2 rings (SSSR count). The molecule has 1 amide bonds. The van der Waals surface area contributed by atoms with Gasteiger partial charge in [0, 0.05) is 12.7 Å². The molecule has 1 saturated carbocycles. The Morgan fingerprint density at radius 2 is 2.11 bits per heavy atom. The first kappa shape index (κ1) is 14.0. The minimum atomic E-state index is -0.882. The van der Waals surface area contributed by atoms with E-state index in [0.717, 1.165) is 12.1 Å². The van der Waals surface area contributed by atoms with Crippen LogP contribution < -0.4 is 0 Å². The molecule has 19 heavy (non-hydrogen) atoms. The Labute approximate surface area is 112 Å². The van der Waals surface area contributed by atoms with E-state index in [1.54, 1.807) is 19.2 Å². The fourth-order valence-corrected chi connectivity index (χ4v) is 2.55. The molecule has 0 bridgehead atoms. The first-order valence-corrected chi connectivity index (χ1v) is 6.57. The number of hydrogen-bond donors (Lipinski definition) is 2. The summed E-state index contributed by atoms with van der Waals surface area (Å²) in [6.07, 6.45) is 0.461. The lowest BCUT2D eigenvalue weighted by Gasteiger charge is -2.37. The maximum atomic E-state index is 12.3. The lowest BCUT2D eigenvalue weighted by atomic mass is 9.89. The number of rotatable bonds is 2. The molecule has 0 aliphatic heterocycles. The van der Waals surface area contributed by atoms with Gasteiger partial charge >= 0.3 is 0 Å². The lowest BCUT2D eigenvalue weighted by molar-refractivity contribution is -0.0527. The van der Waals surface area contributed by atoms with Gasteiger partial charge in [0.25, 0.3) is 5.91 Å². The highest BCUT2D eigenvalue weighted by atomic mass is 16.3. The van der Waals surface area contributed by atoms with E-state index in [4.69, 9.17) is 0 Å². The van der Waals surface area contributed by atoms with E-state index >= 15 is 0 Å². The van der Waals surface area contributed by atoms with Crippen molar-refractivity contribution < 1.29 is 15.0 Å². The molecule has 0 saturated heterocycles. The van der Waals surface area contributed by atoms with E-state index in [-0.39, 0.29) is 11.9 Å². The summed E-state index contributed by atoms with van der Waals surface area (Å²) < 4.78 is 0. The number of aliphatic hydroxyl groups excluding tert-OH is 2. The van der Waals surface area contributed by atoms with Gasteiger partial charge in [-0.3, -0.25) is 4.79 Å². The number of hydrogen-bond acceptors (Lipinski definition) is 4. The van der Waals surface area contributed by atoms with Gasteiger partial charge in [-0.15, -0.1) is 0 Å². The first-order chi connectivity index (χ1) is 9.00. The maximum Gasteiger partial charge on any atom is 0.272 e. The topological polar surface area (TPSA) is 73.7 Å². The average Bonchev–Trinajstić information content (AvgIpc) is 2.40. The minimum absolute atomic E-state index is 0.221. The molecule has 1 aliphatic rings. The summed E-state index contributed by atoms with van der Waals surface area (Å²) >= 11 is 0. The van der Waals surface area contributed by atoms with Gasteiger partial charge in [0.2, 0.25) is 0 Å². The van der Waals surface area contributed by atoms with E-state index in [1.165, 1.54) is 4.90 Å². The second kappa shape index (κ2) is 5.67. The molecule has 104 valence electrons. The third kappa shape index (κ3) is 2.93. The second-order valence-corrected chi connectivity index (χ2v) is 5.14. The lowest BCUT2D eigenvalue weighted by Crippen LogP contribution is -2.51. The average molecular weight is 264 g/mol. The van der Waals surface area contributed by atoms with Gasteiger partial charge in [0.1, 0.15) is 11.8 Å². The standard InChI is InChI=1S/C14H20N2O3/c1-9-5-3-6-10(15-9)14(19)16(2)11-7-4-8-12(17)13(11)18/h3,5-6,11-13,17-18H,4,7-8H2,1-2H3/t11-,12-,13-/m1/s1. The van der Waals surface area contributed by atoms with Gasteiger partial charge < -0.3 is 15.1 Å². The summed E-state index contributed by atoms with van der Waals surface area (Å²) in [6, 6.07) is 4.93. The Bertz CT molecular complexity index is 464. The van der Waals surface area contributed by atoms with Crippen molar-refractivity contribution in [1.82, 2.24) is 9.88 Å². The number of aromatic nitrogens is 1. The summed E-state index contributed by atoms with van der Waals surface area (Å²) in [4.78, 5) is 18.0. The Hall–Kier alpha value is -1.46. The van der Waals surface area contributed by atoms with E-state index < -0.39 is 12.2 Å². The van der Waals surface area contributed by atoms with Crippen molar-refractivity contribution in [3.05, 3.63) is 29.6 Å². The molecule has 5 nitrogen and oxygen atoms in total. The first-order valence-electron chi connectivity index (χ1n) is 6.57. The van der Waals surface area contributed by atoms with Crippen molar-refractivity contribution in [3.8, 4) is 0 Å². The van der Waals surface area contributed by atoms with Crippen LogP contribution >= 0.6 is 0 Å². The quantitative estimate of drug-likeness (QED) is 0.826. The number of carbonyl (C=O) groups is 1. The monoisotopic (exact) mass is 264 g/mol. The summed E-state index contributed by atoms with van der Waals surface area (Å²) in [5.41, 5.74) is 1.15. The number of pyridine rings is 1. The smallest absolute Gasteiger partial charge is 0.272 e. The van der Waals surface area contributed by atoms with Crippen LogP contribution in [0.3, 0.4) is 0 Å². The Morgan fingerprint density at radius 1 is 1.37 bits per heavy atom. The highest BCUT2D eigenvalue weighted by Crippen LogP contribution is 2.23. The zero-order valence-electron chi connectivity index (χ0n) is 11.3. The molecular weight excluding hydrogens is 244 g/mol. The normalized spacial score (nSPS) is 27.1. The van der Waals surface area contributed by atoms with Crippen molar-refractivity contribution in [2.75, 3.05) is 7.05 Å². The van der Waals surface area contributed by atoms with Gasteiger partial charge in [-0.25, -0.2) is 4.98 Å². The van der Waals surface area contributed by atoms with Crippen LogP contribution in [-0.2, 0) is 0 Å². The molecule has 2 N–H and O–H groups in total. The van der Waals surface area contributed by atoms with Crippen LogP contribution in [0.1, 0.15) is 35.4 Å². The summed E-state index contributed by atoms with van der Waals surface area (Å²) in [5, 5.41) is 19.7. The third-order valence-corrected chi connectivity index (χ3v) is 3.71. The molecule has 1 aromatic heterocycles. The maximum absolute atomic E-state index is 12.3. The Morgan fingerprint density at radius 3 is 2.79 bits per heavy atom. The highest BCUT2D eigenvalue weighted by Gasteiger charge is 2.35. The predicted molar refractivity (Wildman–Crippen MR) is 70.7 cm³/mol. The summed E-state index contributed by atoms with van der Waals surface area (Å²) in [6.45, 7) is 1.83. The van der Waals surface area contributed by atoms with Crippen molar-refractivity contribution in [1.29, 1.82) is 0 Å². The van der Waals surface area contributed by atoms with E-state index in [2.05, 4.69) is 4.98 Å². The largest absolute Gasteiger partial charge is 0.390 e. The molecule has 5 heteroatoms. The van der Waals surface area contributed by atoms with Crippen LogP contribution in [-0.4, -0.2) is 51.3 Å². The van der Waals surface area contributed by atoms with Crippen LogP contribution in [0.5, 0.6) is 0 Å². The highest BCUT2D eigenvalue weighted by molar-refractivity contribution is 5.92. The number of aryl methyl sites for hydroxylation is 1. The molecular formula is C14H20N2O3. The molecule has 0 spiro atoms. The molecule has 1 aliphatic carbocycles. The zero-order chi connectivity index (χ0) is 14.0. The van der Waals surface area contributed by atoms with E-state index in [9.17, 15) is 15.0 Å². The van der Waals surface area contributed by atoms with Gasteiger partial charge in [-0.2, -0.15) is 0 Å². The molecule has 0 radical (unpaired) electrons. The summed E-state index contributed by atoms with van der Waals surface area (Å²) in [7, 11) is 1.65. The second-order valence-electron chi connectivity index (χ2n) is 5.14. The van der Waals surface area contributed by atoms with Gasteiger partial charge in [0.05, 0.1) is 12.1 Å². The molecule has 1 fully saturated rings. The predicted octanol–water partition coefficient (Wildman–Crippen LogP) is 0.736. The Balaban J connectivity index is 2.14. The fraction of sp³-hybridized carbons (Fsp3) is 0.571. The third-order valence-electron chi connectivity index (χ3n) is 3.71. The number of likely N-dealkylation sites (N-methyl/N-ethyl adjacent to an activating group) is 1. The molecule has 0 unspecified atom stereocenters. The van der Waals surface area contributed by atoms with Gasteiger partial charge in [-0.05, 0) is 38.3 Å². The van der Waals surface area contributed by atoms with Crippen molar-refractivity contribution in [3.63, 3.8) is 0 Å². The van der Waals surface area contributed by atoms with Crippen molar-refractivity contribution in [2.45, 2.75) is 44.4 Å². The minimum Gasteiger partial charge on any atom is -0.390 e. The molecule has 1 heterocycles. The molecule has 0 aromatic carbocycles. The van der Waals surface area contributed by atoms with Crippen LogP contribution in [0, 0.1) is 6.92 Å². The van der Waals surface area contributed by atoms with Crippen LogP contribution in [0.4, 0.5) is 0 Å². The molecule has 1 aromatic rings. The van der Waals surface area contributed by atoms with Gasteiger partial charge in [-0.1, -0.05) is 6.07 Å². The number of nitrogens with zero attached hydrogens (tertiary/aromatic N) is 2. The number of aliphatic hydroxyl groups is 2.